The van der Waals surface area contributed by atoms with Crippen molar-refractivity contribution in [1.82, 2.24) is 4.90 Å². The molecule has 0 unspecified atom stereocenters. The van der Waals surface area contributed by atoms with E-state index in [2.05, 4.69) is 47.7 Å². The SMILES string of the molecule is CCCCCC/C(C)=C(/O[Si](C)(C)C(C)(C)C)N(Cc1ccccc1)C(=O)OC. The quantitative estimate of drug-likeness (QED) is 0.224. The molecule has 4 nitrogen and oxygen atoms in total. The Labute approximate surface area is 179 Å². The van der Waals surface area contributed by atoms with Crippen LogP contribution in [0.3, 0.4) is 0 Å². The zero-order chi connectivity index (χ0) is 22.1. The molecular weight excluding hydrogens is 378 g/mol. The molecule has 164 valence electrons. The largest absolute Gasteiger partial charge is 0.532 e. The predicted molar refractivity (Wildman–Crippen MR) is 124 cm³/mol. The highest BCUT2D eigenvalue weighted by atomic mass is 28.4. The lowest BCUT2D eigenvalue weighted by Crippen LogP contribution is -2.44. The topological polar surface area (TPSA) is 38.8 Å². The van der Waals surface area contributed by atoms with Crippen LogP contribution in [0.15, 0.2) is 41.8 Å². The lowest BCUT2D eigenvalue weighted by atomic mass is 10.1. The fraction of sp³-hybridized carbons (Fsp3) is 0.625. The van der Waals surface area contributed by atoms with Crippen molar-refractivity contribution >= 4 is 14.4 Å². The molecule has 0 aliphatic rings. The maximum atomic E-state index is 12.8. The van der Waals surface area contributed by atoms with Gasteiger partial charge in [0.15, 0.2) is 5.88 Å². The first kappa shape index (κ1) is 25.3. The van der Waals surface area contributed by atoms with Crippen LogP contribution < -0.4 is 0 Å². The standard InChI is InChI=1S/C24H41NO3Si/c1-9-10-11-13-16-20(2)22(28-29(7,8)24(3,4)5)25(23(26)27-6)19-21-17-14-12-15-18-21/h12,14-15,17-18H,9-11,13,16,19H2,1-8H3/b22-20+. The van der Waals surface area contributed by atoms with E-state index in [1.807, 2.05) is 30.3 Å². The summed E-state index contributed by atoms with van der Waals surface area (Å²) in [5, 5.41) is 0.0370. The number of hydrogen-bond acceptors (Lipinski definition) is 3. The van der Waals surface area contributed by atoms with Gasteiger partial charge in [0.2, 0.25) is 0 Å². The first-order chi connectivity index (χ1) is 13.5. The van der Waals surface area contributed by atoms with Crippen LogP contribution in [0.2, 0.25) is 18.1 Å². The van der Waals surface area contributed by atoms with Gasteiger partial charge in [0.25, 0.3) is 8.32 Å². The van der Waals surface area contributed by atoms with Gasteiger partial charge in [-0.1, -0.05) is 77.3 Å². The zero-order valence-electron chi connectivity index (χ0n) is 19.8. The van der Waals surface area contributed by atoms with Crippen molar-refractivity contribution in [2.75, 3.05) is 7.11 Å². The average Bonchev–Trinajstić information content (AvgIpc) is 2.67. The molecule has 0 N–H and O–H groups in total. The van der Waals surface area contributed by atoms with Gasteiger partial charge in [-0.05, 0) is 49.0 Å². The van der Waals surface area contributed by atoms with E-state index in [0.717, 1.165) is 24.0 Å². The minimum atomic E-state index is -2.13. The minimum absolute atomic E-state index is 0.0370. The number of ether oxygens (including phenoxy) is 1. The number of nitrogens with zero attached hydrogens (tertiary/aromatic N) is 1. The van der Waals surface area contributed by atoms with Gasteiger partial charge in [0.05, 0.1) is 13.7 Å². The number of rotatable bonds is 10. The average molecular weight is 420 g/mol. The van der Waals surface area contributed by atoms with Crippen LogP contribution in [-0.4, -0.2) is 26.4 Å². The van der Waals surface area contributed by atoms with Crippen LogP contribution in [0.5, 0.6) is 0 Å². The second kappa shape index (κ2) is 11.4. The first-order valence-corrected chi connectivity index (χ1v) is 13.7. The lowest BCUT2D eigenvalue weighted by molar-refractivity contribution is 0.110. The van der Waals surface area contributed by atoms with Crippen LogP contribution in [0, 0.1) is 0 Å². The summed E-state index contributed by atoms with van der Waals surface area (Å²) >= 11 is 0. The highest BCUT2D eigenvalue weighted by Gasteiger charge is 2.41. The van der Waals surface area contributed by atoms with Gasteiger partial charge < -0.3 is 9.16 Å². The summed E-state index contributed by atoms with van der Waals surface area (Å²) in [4.78, 5) is 14.5. The van der Waals surface area contributed by atoms with Gasteiger partial charge in [-0.15, -0.1) is 0 Å². The summed E-state index contributed by atoms with van der Waals surface area (Å²) in [6.45, 7) is 15.8. The van der Waals surface area contributed by atoms with Crippen molar-refractivity contribution in [3.05, 3.63) is 47.4 Å². The molecule has 0 aromatic heterocycles. The van der Waals surface area contributed by atoms with Crippen LogP contribution >= 0.6 is 0 Å². The molecule has 1 aromatic carbocycles. The Morgan fingerprint density at radius 3 is 2.21 bits per heavy atom. The highest BCUT2D eigenvalue weighted by molar-refractivity contribution is 6.74. The molecule has 0 aliphatic carbocycles. The van der Waals surface area contributed by atoms with Gasteiger partial charge in [-0.2, -0.15) is 0 Å². The predicted octanol–water partition coefficient (Wildman–Crippen LogP) is 7.48. The van der Waals surface area contributed by atoms with Crippen molar-refractivity contribution < 1.29 is 14.0 Å². The smallest absolute Gasteiger partial charge is 0.416 e. The molecule has 0 bridgehead atoms. The van der Waals surface area contributed by atoms with Crippen molar-refractivity contribution in [2.24, 2.45) is 0 Å². The fourth-order valence-corrected chi connectivity index (χ4v) is 3.86. The molecule has 5 heteroatoms. The third-order valence-corrected chi connectivity index (χ3v) is 10.1. The summed E-state index contributed by atoms with van der Waals surface area (Å²) in [5.41, 5.74) is 2.17. The lowest BCUT2D eigenvalue weighted by Gasteiger charge is -2.40. The molecule has 1 amide bonds. The maximum Gasteiger partial charge on any atom is 0.416 e. The fourth-order valence-electron chi connectivity index (χ4n) is 2.79. The summed E-state index contributed by atoms with van der Waals surface area (Å²) in [5.74, 6) is 0.684. The molecule has 0 spiro atoms. The van der Waals surface area contributed by atoms with E-state index in [1.54, 1.807) is 4.90 Å². The normalized spacial score (nSPS) is 13.0. The molecule has 1 aromatic rings. The molecule has 0 atom stereocenters. The molecule has 29 heavy (non-hydrogen) atoms. The Morgan fingerprint density at radius 1 is 1.07 bits per heavy atom. The number of amides is 1. The Bertz CT molecular complexity index is 662. The van der Waals surface area contributed by atoms with Crippen molar-refractivity contribution in [2.45, 2.75) is 91.4 Å². The van der Waals surface area contributed by atoms with E-state index in [9.17, 15) is 4.79 Å². The van der Waals surface area contributed by atoms with Crippen LogP contribution in [-0.2, 0) is 15.7 Å². The Morgan fingerprint density at radius 2 is 1.69 bits per heavy atom. The molecule has 0 heterocycles. The number of carbonyl (C=O) groups is 1. The summed E-state index contributed by atoms with van der Waals surface area (Å²) in [6.07, 6.45) is 5.28. The Balaban J connectivity index is 3.29. The Kier molecular flexibility index (Phi) is 9.97. The number of unbranched alkanes of at least 4 members (excludes halogenated alkanes) is 3. The van der Waals surface area contributed by atoms with E-state index in [0.29, 0.717) is 12.4 Å². The number of benzene rings is 1. The third kappa shape index (κ3) is 7.88. The molecule has 1 rings (SSSR count). The zero-order valence-corrected chi connectivity index (χ0v) is 20.8. The van der Waals surface area contributed by atoms with Crippen LogP contribution in [0.4, 0.5) is 4.79 Å². The third-order valence-electron chi connectivity index (χ3n) is 5.75. The van der Waals surface area contributed by atoms with Crippen LogP contribution in [0.1, 0.15) is 72.3 Å². The van der Waals surface area contributed by atoms with Gasteiger partial charge in [0, 0.05) is 0 Å². The summed E-state index contributed by atoms with van der Waals surface area (Å²) < 4.78 is 11.9. The van der Waals surface area contributed by atoms with E-state index < -0.39 is 8.32 Å². The van der Waals surface area contributed by atoms with Crippen molar-refractivity contribution in [3.63, 3.8) is 0 Å². The maximum absolute atomic E-state index is 12.8. The Hall–Kier alpha value is -1.75. The molecular formula is C24H41NO3Si. The first-order valence-electron chi connectivity index (χ1n) is 10.8. The van der Waals surface area contributed by atoms with Crippen molar-refractivity contribution in [1.29, 1.82) is 0 Å². The van der Waals surface area contributed by atoms with E-state index in [4.69, 9.17) is 9.16 Å². The monoisotopic (exact) mass is 419 g/mol. The summed E-state index contributed by atoms with van der Waals surface area (Å²) in [6, 6.07) is 10.0. The minimum Gasteiger partial charge on any atom is -0.532 e. The highest BCUT2D eigenvalue weighted by Crippen LogP contribution is 2.39. The van der Waals surface area contributed by atoms with Gasteiger partial charge in [-0.25, -0.2) is 9.69 Å². The number of methoxy groups -OCH3 is 1. The molecule has 0 saturated heterocycles. The van der Waals surface area contributed by atoms with E-state index in [-0.39, 0.29) is 11.1 Å². The van der Waals surface area contributed by atoms with Crippen molar-refractivity contribution in [3.8, 4) is 0 Å². The van der Waals surface area contributed by atoms with E-state index >= 15 is 0 Å². The van der Waals surface area contributed by atoms with Gasteiger partial charge in [0.1, 0.15) is 0 Å². The van der Waals surface area contributed by atoms with Gasteiger partial charge >= 0.3 is 6.09 Å². The molecule has 0 aliphatic heterocycles. The molecule has 0 radical (unpaired) electrons. The number of allylic oxidation sites excluding steroid dienone is 1. The van der Waals surface area contributed by atoms with Crippen LogP contribution in [0.25, 0.3) is 0 Å². The van der Waals surface area contributed by atoms with E-state index in [1.165, 1.54) is 26.4 Å². The molecule has 0 saturated carbocycles. The number of carbonyl (C=O) groups excluding carboxylic acids is 1. The number of hydrogen-bond donors (Lipinski definition) is 0. The molecule has 0 fully saturated rings. The second-order valence-electron chi connectivity index (χ2n) is 9.30. The summed E-state index contributed by atoms with van der Waals surface area (Å²) in [7, 11) is -0.700. The second-order valence-corrected chi connectivity index (χ2v) is 14.0. The van der Waals surface area contributed by atoms with Gasteiger partial charge in [-0.3, -0.25) is 0 Å².